The first-order valence-electron chi connectivity index (χ1n) is 6.08. The van der Waals surface area contributed by atoms with E-state index >= 15 is 0 Å². The molecule has 92 valence electrons. The van der Waals surface area contributed by atoms with Crippen LogP contribution in [0.1, 0.15) is 25.1 Å². The Kier molecular flexibility index (Phi) is 4.13. The fourth-order valence-electron chi connectivity index (χ4n) is 2.16. The minimum absolute atomic E-state index is 0.201. The van der Waals surface area contributed by atoms with Gasteiger partial charge in [0.15, 0.2) is 0 Å². The maximum atomic E-state index is 9.37. The SMILES string of the molecule is CCCn1cncc1C(C#N)N1CCOCC1. The minimum atomic E-state index is -0.201. The summed E-state index contributed by atoms with van der Waals surface area (Å²) in [7, 11) is 0. The van der Waals surface area contributed by atoms with Crippen molar-refractivity contribution in [1.82, 2.24) is 14.5 Å². The summed E-state index contributed by atoms with van der Waals surface area (Å²) in [6.45, 7) is 6.09. The van der Waals surface area contributed by atoms with Crippen LogP contribution >= 0.6 is 0 Å². The van der Waals surface area contributed by atoms with Crippen molar-refractivity contribution in [3.63, 3.8) is 0 Å². The zero-order valence-electron chi connectivity index (χ0n) is 10.2. The fraction of sp³-hybridized carbons (Fsp3) is 0.667. The van der Waals surface area contributed by atoms with Crippen molar-refractivity contribution >= 4 is 0 Å². The molecule has 0 bridgehead atoms. The molecule has 0 N–H and O–H groups in total. The van der Waals surface area contributed by atoms with Crippen LogP contribution in [-0.4, -0.2) is 40.8 Å². The molecule has 2 rings (SSSR count). The molecule has 1 unspecified atom stereocenters. The van der Waals surface area contributed by atoms with Gasteiger partial charge in [0.25, 0.3) is 0 Å². The predicted octanol–water partition coefficient (Wildman–Crippen LogP) is 1.19. The molecule has 1 aliphatic rings. The second-order valence-corrected chi connectivity index (χ2v) is 4.19. The molecule has 0 amide bonds. The summed E-state index contributed by atoms with van der Waals surface area (Å²) in [5.74, 6) is 0. The number of morpholine rings is 1. The van der Waals surface area contributed by atoms with Gasteiger partial charge in [0.05, 0.1) is 37.5 Å². The third-order valence-corrected chi connectivity index (χ3v) is 3.02. The molecule has 0 aromatic carbocycles. The molecule has 0 radical (unpaired) electrons. The van der Waals surface area contributed by atoms with E-state index in [1.807, 2.05) is 6.33 Å². The summed E-state index contributed by atoms with van der Waals surface area (Å²) >= 11 is 0. The van der Waals surface area contributed by atoms with Crippen molar-refractivity contribution in [2.24, 2.45) is 0 Å². The van der Waals surface area contributed by atoms with Gasteiger partial charge in [0.2, 0.25) is 0 Å². The number of nitrogens with zero attached hydrogens (tertiary/aromatic N) is 4. The second-order valence-electron chi connectivity index (χ2n) is 4.19. The first-order chi connectivity index (χ1) is 8.36. The first-order valence-corrected chi connectivity index (χ1v) is 6.08. The monoisotopic (exact) mass is 234 g/mol. The van der Waals surface area contributed by atoms with Gasteiger partial charge in [0, 0.05) is 19.6 Å². The average molecular weight is 234 g/mol. The molecular formula is C12H18N4O. The van der Waals surface area contributed by atoms with Crippen LogP contribution in [0.15, 0.2) is 12.5 Å². The molecule has 0 aliphatic carbocycles. The Morgan fingerprint density at radius 3 is 2.94 bits per heavy atom. The Bertz CT molecular complexity index is 389. The van der Waals surface area contributed by atoms with Crippen LogP contribution in [0.25, 0.3) is 0 Å². The van der Waals surface area contributed by atoms with Crippen LogP contribution in [-0.2, 0) is 11.3 Å². The van der Waals surface area contributed by atoms with Crippen LogP contribution < -0.4 is 0 Å². The third kappa shape index (κ3) is 2.65. The maximum absolute atomic E-state index is 9.37. The van der Waals surface area contributed by atoms with Crippen LogP contribution in [0.5, 0.6) is 0 Å². The lowest BCUT2D eigenvalue weighted by atomic mass is 10.2. The van der Waals surface area contributed by atoms with Crippen LogP contribution in [0.2, 0.25) is 0 Å². The number of imidazole rings is 1. The average Bonchev–Trinajstić information content (AvgIpc) is 2.81. The fourth-order valence-corrected chi connectivity index (χ4v) is 2.16. The number of hydrogen-bond acceptors (Lipinski definition) is 4. The highest BCUT2D eigenvalue weighted by atomic mass is 16.5. The normalized spacial score (nSPS) is 18.8. The van der Waals surface area contributed by atoms with Gasteiger partial charge >= 0.3 is 0 Å². The van der Waals surface area contributed by atoms with Gasteiger partial charge in [-0.05, 0) is 6.42 Å². The number of aromatic nitrogens is 2. The zero-order chi connectivity index (χ0) is 12.1. The topological polar surface area (TPSA) is 54.1 Å². The second kappa shape index (κ2) is 5.80. The van der Waals surface area contributed by atoms with Crippen molar-refractivity contribution in [2.45, 2.75) is 25.9 Å². The van der Waals surface area contributed by atoms with Crippen LogP contribution in [0.4, 0.5) is 0 Å². The first kappa shape index (κ1) is 12.1. The largest absolute Gasteiger partial charge is 0.379 e. The Hall–Kier alpha value is -1.38. The molecule has 1 aromatic rings. The molecule has 1 fully saturated rings. The third-order valence-electron chi connectivity index (χ3n) is 3.02. The van der Waals surface area contributed by atoms with Gasteiger partial charge in [-0.2, -0.15) is 5.26 Å². The lowest BCUT2D eigenvalue weighted by molar-refractivity contribution is 0.0254. The van der Waals surface area contributed by atoms with Gasteiger partial charge in [-0.1, -0.05) is 6.92 Å². The van der Waals surface area contributed by atoms with Gasteiger partial charge < -0.3 is 9.30 Å². The van der Waals surface area contributed by atoms with Gasteiger partial charge in [-0.25, -0.2) is 4.98 Å². The molecule has 0 spiro atoms. The molecule has 1 saturated heterocycles. The molecular weight excluding hydrogens is 216 g/mol. The molecule has 5 heteroatoms. The molecule has 1 aromatic heterocycles. The number of rotatable bonds is 4. The van der Waals surface area contributed by atoms with Crippen LogP contribution in [0, 0.1) is 11.3 Å². The Morgan fingerprint density at radius 2 is 2.29 bits per heavy atom. The van der Waals surface area contributed by atoms with Gasteiger partial charge in [-0.3, -0.25) is 4.90 Å². The summed E-state index contributed by atoms with van der Waals surface area (Å²) in [5.41, 5.74) is 0.997. The van der Waals surface area contributed by atoms with E-state index < -0.39 is 0 Å². The lowest BCUT2D eigenvalue weighted by Crippen LogP contribution is -2.39. The highest BCUT2D eigenvalue weighted by molar-refractivity contribution is 5.14. The van der Waals surface area contributed by atoms with Crippen LogP contribution in [0.3, 0.4) is 0 Å². The number of nitriles is 1. The summed E-state index contributed by atoms with van der Waals surface area (Å²) in [6.07, 6.45) is 4.66. The smallest absolute Gasteiger partial charge is 0.140 e. The molecule has 5 nitrogen and oxygen atoms in total. The summed E-state index contributed by atoms with van der Waals surface area (Å²) in [5, 5.41) is 9.37. The van der Waals surface area contributed by atoms with Gasteiger partial charge in [-0.15, -0.1) is 0 Å². The highest BCUT2D eigenvalue weighted by Gasteiger charge is 2.24. The number of aryl methyl sites for hydroxylation is 1. The van der Waals surface area contributed by atoms with Crippen molar-refractivity contribution in [1.29, 1.82) is 5.26 Å². The van der Waals surface area contributed by atoms with Crippen molar-refractivity contribution < 1.29 is 4.74 Å². The Labute approximate surface area is 102 Å². The van der Waals surface area contributed by atoms with E-state index in [-0.39, 0.29) is 6.04 Å². The van der Waals surface area contributed by atoms with Crippen molar-refractivity contribution in [3.05, 3.63) is 18.2 Å². The lowest BCUT2D eigenvalue weighted by Gasteiger charge is -2.30. The van der Waals surface area contributed by atoms with Crippen molar-refractivity contribution in [3.8, 4) is 6.07 Å². The van der Waals surface area contributed by atoms with E-state index in [4.69, 9.17) is 4.74 Å². The predicted molar refractivity (Wildman–Crippen MR) is 63.3 cm³/mol. The Balaban J connectivity index is 2.16. The molecule has 1 aliphatic heterocycles. The standard InChI is InChI=1S/C12H18N4O/c1-2-3-16-10-14-9-12(16)11(8-13)15-4-6-17-7-5-15/h9-11H,2-7H2,1H3. The summed E-state index contributed by atoms with van der Waals surface area (Å²) < 4.78 is 7.39. The van der Waals surface area contributed by atoms with E-state index in [0.717, 1.165) is 31.7 Å². The zero-order valence-corrected chi connectivity index (χ0v) is 10.2. The molecule has 2 heterocycles. The van der Waals surface area contributed by atoms with E-state index in [1.165, 1.54) is 0 Å². The van der Waals surface area contributed by atoms with E-state index in [1.54, 1.807) is 6.20 Å². The molecule has 0 saturated carbocycles. The molecule has 1 atom stereocenters. The quantitative estimate of drug-likeness (QED) is 0.785. The summed E-state index contributed by atoms with van der Waals surface area (Å²) in [4.78, 5) is 6.32. The highest BCUT2D eigenvalue weighted by Crippen LogP contribution is 2.21. The maximum Gasteiger partial charge on any atom is 0.140 e. The molecule has 17 heavy (non-hydrogen) atoms. The van der Waals surface area contributed by atoms with Gasteiger partial charge in [0.1, 0.15) is 6.04 Å². The number of hydrogen-bond donors (Lipinski definition) is 0. The van der Waals surface area contributed by atoms with E-state index in [2.05, 4.69) is 27.4 Å². The summed E-state index contributed by atoms with van der Waals surface area (Å²) in [6, 6.07) is 2.18. The van der Waals surface area contributed by atoms with E-state index in [0.29, 0.717) is 13.2 Å². The Morgan fingerprint density at radius 1 is 1.53 bits per heavy atom. The number of ether oxygens (including phenoxy) is 1. The van der Waals surface area contributed by atoms with E-state index in [9.17, 15) is 5.26 Å². The minimum Gasteiger partial charge on any atom is -0.379 e. The van der Waals surface area contributed by atoms with Crippen molar-refractivity contribution in [2.75, 3.05) is 26.3 Å².